The van der Waals surface area contributed by atoms with Gasteiger partial charge in [0, 0.05) is 20.3 Å². The van der Waals surface area contributed by atoms with E-state index in [-0.39, 0.29) is 0 Å². The van der Waals surface area contributed by atoms with Crippen LogP contribution in [-0.4, -0.2) is 26.1 Å². The van der Waals surface area contributed by atoms with Crippen LogP contribution >= 0.6 is 0 Å². The maximum Gasteiger partial charge on any atom is 0.133 e. The largest absolute Gasteiger partial charge is 0.496 e. The number of rotatable bonds is 3. The van der Waals surface area contributed by atoms with Crippen LogP contribution in [0.15, 0.2) is 23.6 Å². The van der Waals surface area contributed by atoms with Crippen molar-refractivity contribution in [2.45, 2.75) is 6.92 Å². The molecule has 0 radical (unpaired) electrons. The van der Waals surface area contributed by atoms with E-state index in [2.05, 4.69) is 0 Å². The summed E-state index contributed by atoms with van der Waals surface area (Å²) in [5, 5.41) is 8.57. The second kappa shape index (κ2) is 5.25. The Morgan fingerprint density at radius 3 is 2.42 bits per heavy atom. The highest BCUT2D eigenvalue weighted by Crippen LogP contribution is 2.05. The molecule has 66 valence electrons. The molecule has 0 aromatic heterocycles. The van der Waals surface area contributed by atoms with E-state index in [0.29, 0.717) is 11.3 Å². The summed E-state index contributed by atoms with van der Waals surface area (Å²) in [6.07, 6.45) is 3.60. The number of allylic oxidation sites excluding steroid dienone is 2. The molecule has 3 nitrogen and oxygen atoms in total. The van der Waals surface area contributed by atoms with Gasteiger partial charge < -0.3 is 9.64 Å². The molecule has 0 saturated heterocycles. The van der Waals surface area contributed by atoms with Gasteiger partial charge in [-0.2, -0.15) is 5.26 Å². The van der Waals surface area contributed by atoms with Gasteiger partial charge >= 0.3 is 0 Å². The van der Waals surface area contributed by atoms with Crippen LogP contribution in [0.2, 0.25) is 0 Å². The van der Waals surface area contributed by atoms with E-state index in [1.54, 1.807) is 20.1 Å². The van der Waals surface area contributed by atoms with Crippen LogP contribution in [0.1, 0.15) is 6.92 Å². The van der Waals surface area contributed by atoms with Crippen molar-refractivity contribution in [1.29, 1.82) is 5.26 Å². The molecule has 0 amide bonds. The van der Waals surface area contributed by atoms with Crippen molar-refractivity contribution in [3.05, 3.63) is 23.6 Å². The monoisotopic (exact) mass is 166 g/mol. The number of nitriles is 1. The highest BCUT2D eigenvalue weighted by atomic mass is 16.5. The number of hydrogen-bond acceptors (Lipinski definition) is 3. The van der Waals surface area contributed by atoms with E-state index >= 15 is 0 Å². The standard InChI is InChI=1S/C9H14N2O/c1-8(7-10)9(12-4)5-6-11(2)3/h5-6H,1-4H3/b6-5+,9-8+. The fourth-order valence-electron chi connectivity index (χ4n) is 0.618. The molecule has 0 aliphatic rings. The summed E-state index contributed by atoms with van der Waals surface area (Å²) in [7, 11) is 5.37. The van der Waals surface area contributed by atoms with E-state index in [0.717, 1.165) is 0 Å². The molecule has 3 heteroatoms. The van der Waals surface area contributed by atoms with Gasteiger partial charge in [-0.25, -0.2) is 0 Å². The average Bonchev–Trinajstić information content (AvgIpc) is 2.04. The second-order valence-corrected chi connectivity index (χ2v) is 2.58. The SMILES string of the molecule is COC(/C=C/N(C)C)=C(\C)C#N. The number of ether oxygens (including phenoxy) is 1. The number of hydrogen-bond donors (Lipinski definition) is 0. The maximum atomic E-state index is 8.57. The lowest BCUT2D eigenvalue weighted by Gasteiger charge is -2.05. The second-order valence-electron chi connectivity index (χ2n) is 2.58. The molecule has 0 atom stereocenters. The Morgan fingerprint density at radius 2 is 2.08 bits per heavy atom. The third kappa shape index (κ3) is 3.67. The van der Waals surface area contributed by atoms with E-state index in [1.165, 1.54) is 0 Å². The lowest BCUT2D eigenvalue weighted by molar-refractivity contribution is 0.302. The van der Waals surface area contributed by atoms with E-state index in [9.17, 15) is 0 Å². The minimum Gasteiger partial charge on any atom is -0.496 e. The molecule has 0 heterocycles. The predicted molar refractivity (Wildman–Crippen MR) is 48.1 cm³/mol. The van der Waals surface area contributed by atoms with Crippen molar-refractivity contribution in [1.82, 2.24) is 4.90 Å². The number of methoxy groups -OCH3 is 1. The van der Waals surface area contributed by atoms with E-state index in [4.69, 9.17) is 10.00 Å². The van der Waals surface area contributed by atoms with Crippen LogP contribution < -0.4 is 0 Å². The van der Waals surface area contributed by atoms with Crippen LogP contribution in [0.25, 0.3) is 0 Å². The Labute approximate surface area is 73.5 Å². The van der Waals surface area contributed by atoms with Gasteiger partial charge in [-0.05, 0) is 13.0 Å². The van der Waals surface area contributed by atoms with Gasteiger partial charge in [-0.15, -0.1) is 0 Å². The summed E-state index contributed by atoms with van der Waals surface area (Å²) >= 11 is 0. The zero-order valence-electron chi connectivity index (χ0n) is 7.96. The Bertz CT molecular complexity index is 233. The molecule has 0 unspecified atom stereocenters. The highest BCUT2D eigenvalue weighted by Gasteiger charge is 1.95. The molecule has 0 fully saturated rings. The van der Waals surface area contributed by atoms with Gasteiger partial charge in [0.05, 0.1) is 18.8 Å². The van der Waals surface area contributed by atoms with Crippen LogP contribution in [0.5, 0.6) is 0 Å². The van der Waals surface area contributed by atoms with Crippen molar-refractivity contribution in [2.75, 3.05) is 21.2 Å². The summed E-state index contributed by atoms with van der Waals surface area (Å²) in [4.78, 5) is 1.88. The Kier molecular flexibility index (Phi) is 4.62. The first-order valence-corrected chi connectivity index (χ1v) is 3.61. The molecule has 0 saturated carbocycles. The zero-order valence-corrected chi connectivity index (χ0v) is 7.96. The topological polar surface area (TPSA) is 36.3 Å². The minimum atomic E-state index is 0.579. The molecule has 0 aliphatic carbocycles. The summed E-state index contributed by atoms with van der Waals surface area (Å²) in [6, 6.07) is 2.02. The molecule has 0 aromatic carbocycles. The molecule has 0 spiro atoms. The number of nitrogens with zero attached hydrogens (tertiary/aromatic N) is 2. The fourth-order valence-corrected chi connectivity index (χ4v) is 0.618. The van der Waals surface area contributed by atoms with Crippen LogP contribution in [0, 0.1) is 11.3 Å². The normalized spacial score (nSPS) is 12.2. The van der Waals surface area contributed by atoms with Crippen molar-refractivity contribution >= 4 is 0 Å². The molecule has 12 heavy (non-hydrogen) atoms. The van der Waals surface area contributed by atoms with Gasteiger partial charge in [0.1, 0.15) is 5.76 Å². The van der Waals surface area contributed by atoms with Gasteiger partial charge in [0.25, 0.3) is 0 Å². The van der Waals surface area contributed by atoms with Gasteiger partial charge in [-0.1, -0.05) is 0 Å². The first-order chi connectivity index (χ1) is 5.61. The van der Waals surface area contributed by atoms with Gasteiger partial charge in [0.15, 0.2) is 0 Å². The fraction of sp³-hybridized carbons (Fsp3) is 0.444. The minimum absolute atomic E-state index is 0.579. The van der Waals surface area contributed by atoms with Crippen molar-refractivity contribution in [3.63, 3.8) is 0 Å². The average molecular weight is 166 g/mol. The first-order valence-electron chi connectivity index (χ1n) is 3.61. The third-order valence-electron chi connectivity index (χ3n) is 1.28. The highest BCUT2D eigenvalue weighted by molar-refractivity contribution is 5.28. The lowest BCUT2D eigenvalue weighted by Crippen LogP contribution is -2.00. The smallest absolute Gasteiger partial charge is 0.133 e. The molecular formula is C9H14N2O. The Balaban J connectivity index is 4.51. The quantitative estimate of drug-likeness (QED) is 0.362. The summed E-state index contributed by atoms with van der Waals surface area (Å²) < 4.78 is 5.00. The van der Waals surface area contributed by atoms with Crippen molar-refractivity contribution in [3.8, 4) is 6.07 Å². The maximum absolute atomic E-state index is 8.57. The summed E-state index contributed by atoms with van der Waals surface area (Å²) in [5.74, 6) is 0.603. The molecule has 0 N–H and O–H groups in total. The molecule has 0 aliphatic heterocycles. The predicted octanol–water partition coefficient (Wildman–Crippen LogP) is 1.51. The molecule has 0 rings (SSSR count). The van der Waals surface area contributed by atoms with Gasteiger partial charge in [-0.3, -0.25) is 0 Å². The summed E-state index contributed by atoms with van der Waals surface area (Å²) in [5.41, 5.74) is 0.579. The molecular weight excluding hydrogens is 152 g/mol. The van der Waals surface area contributed by atoms with Gasteiger partial charge in [0.2, 0.25) is 0 Å². The van der Waals surface area contributed by atoms with Crippen molar-refractivity contribution in [2.24, 2.45) is 0 Å². The zero-order chi connectivity index (χ0) is 9.56. The Morgan fingerprint density at radius 1 is 1.50 bits per heavy atom. The van der Waals surface area contributed by atoms with E-state index in [1.807, 2.05) is 31.3 Å². The summed E-state index contributed by atoms with van der Waals surface area (Å²) in [6.45, 7) is 1.72. The van der Waals surface area contributed by atoms with Crippen LogP contribution in [0.3, 0.4) is 0 Å². The third-order valence-corrected chi connectivity index (χ3v) is 1.28. The Hall–Kier alpha value is -1.43. The van der Waals surface area contributed by atoms with Crippen molar-refractivity contribution < 1.29 is 4.74 Å². The lowest BCUT2D eigenvalue weighted by atomic mass is 10.3. The molecule has 0 bridgehead atoms. The van der Waals surface area contributed by atoms with Crippen LogP contribution in [0.4, 0.5) is 0 Å². The van der Waals surface area contributed by atoms with Crippen LogP contribution in [-0.2, 0) is 4.74 Å². The first kappa shape index (κ1) is 10.6. The van der Waals surface area contributed by atoms with E-state index < -0.39 is 0 Å². The molecule has 0 aromatic rings.